The second kappa shape index (κ2) is 7.28. The van der Waals surface area contributed by atoms with Gasteiger partial charge in [0.25, 0.3) is 0 Å². The SMILES string of the molecule is Cc1ccc(-n2nnnc2SC[C@@H](O)c2cc(F)ccc2F)c(C)c1. The molecule has 0 saturated heterocycles. The molecule has 5 nitrogen and oxygen atoms in total. The molecule has 0 aliphatic rings. The summed E-state index contributed by atoms with van der Waals surface area (Å²) in [5.74, 6) is -1.16. The third-order valence-corrected chi connectivity index (χ3v) is 4.70. The topological polar surface area (TPSA) is 63.8 Å². The van der Waals surface area contributed by atoms with Crippen LogP contribution in [0.15, 0.2) is 41.6 Å². The largest absolute Gasteiger partial charge is 0.387 e. The summed E-state index contributed by atoms with van der Waals surface area (Å²) in [6.07, 6.45) is -1.18. The summed E-state index contributed by atoms with van der Waals surface area (Å²) >= 11 is 1.17. The highest BCUT2D eigenvalue weighted by Crippen LogP contribution is 2.27. The second-order valence-corrected chi connectivity index (χ2v) is 6.64. The van der Waals surface area contributed by atoms with Crippen molar-refractivity contribution in [3.05, 3.63) is 64.7 Å². The van der Waals surface area contributed by atoms with E-state index in [-0.39, 0.29) is 11.3 Å². The Balaban J connectivity index is 1.79. The standard InChI is InChI=1S/C17H16F2N4OS/c1-10-3-6-15(11(2)7-10)23-17(20-21-22-23)25-9-16(24)13-8-12(18)4-5-14(13)19/h3-8,16,24H,9H2,1-2H3/t16-/m1/s1. The van der Waals surface area contributed by atoms with E-state index in [2.05, 4.69) is 15.5 Å². The molecule has 0 aliphatic carbocycles. The number of tetrazole rings is 1. The highest BCUT2D eigenvalue weighted by atomic mass is 32.2. The summed E-state index contributed by atoms with van der Waals surface area (Å²) < 4.78 is 28.6. The van der Waals surface area contributed by atoms with E-state index in [1.54, 1.807) is 4.68 Å². The van der Waals surface area contributed by atoms with Crippen LogP contribution in [0.5, 0.6) is 0 Å². The van der Waals surface area contributed by atoms with Crippen LogP contribution < -0.4 is 0 Å². The fourth-order valence-electron chi connectivity index (χ4n) is 2.48. The first-order valence-electron chi connectivity index (χ1n) is 7.57. The number of hydrogen-bond donors (Lipinski definition) is 1. The molecule has 0 spiro atoms. The minimum absolute atomic E-state index is 0.0851. The van der Waals surface area contributed by atoms with E-state index in [1.165, 1.54) is 11.8 Å². The van der Waals surface area contributed by atoms with Crippen LogP contribution in [0, 0.1) is 25.5 Å². The lowest BCUT2D eigenvalue weighted by Crippen LogP contribution is -2.06. The number of aliphatic hydroxyl groups is 1. The molecule has 0 amide bonds. The third kappa shape index (κ3) is 3.85. The summed E-state index contributed by atoms with van der Waals surface area (Å²) in [6, 6.07) is 8.89. The molecule has 1 heterocycles. The van der Waals surface area contributed by atoms with Crippen LogP contribution in [0.1, 0.15) is 22.8 Å². The monoisotopic (exact) mass is 362 g/mol. The molecule has 0 saturated carbocycles. The fraction of sp³-hybridized carbons (Fsp3) is 0.235. The average Bonchev–Trinajstić information content (AvgIpc) is 3.03. The number of nitrogens with zero attached hydrogens (tertiary/aromatic N) is 4. The molecule has 0 radical (unpaired) electrons. The van der Waals surface area contributed by atoms with Crippen molar-refractivity contribution in [2.45, 2.75) is 25.1 Å². The lowest BCUT2D eigenvalue weighted by atomic mass is 10.1. The van der Waals surface area contributed by atoms with E-state index in [4.69, 9.17) is 0 Å². The number of hydrogen-bond acceptors (Lipinski definition) is 5. The molecule has 0 fully saturated rings. The zero-order valence-electron chi connectivity index (χ0n) is 13.6. The van der Waals surface area contributed by atoms with Gasteiger partial charge in [0, 0.05) is 11.3 Å². The number of aliphatic hydroxyl groups excluding tert-OH is 1. The van der Waals surface area contributed by atoms with E-state index >= 15 is 0 Å². The van der Waals surface area contributed by atoms with E-state index in [1.807, 2.05) is 32.0 Å². The summed E-state index contributed by atoms with van der Waals surface area (Å²) in [5, 5.41) is 22.2. The molecule has 1 atom stereocenters. The Morgan fingerprint density at radius 1 is 1.16 bits per heavy atom. The van der Waals surface area contributed by atoms with Crippen molar-refractivity contribution in [1.82, 2.24) is 20.2 Å². The van der Waals surface area contributed by atoms with Crippen molar-refractivity contribution in [3.8, 4) is 5.69 Å². The van der Waals surface area contributed by atoms with Gasteiger partial charge in [-0.1, -0.05) is 29.5 Å². The first-order chi connectivity index (χ1) is 12.0. The first kappa shape index (κ1) is 17.5. The number of thioether (sulfide) groups is 1. The molecule has 130 valence electrons. The summed E-state index contributed by atoms with van der Waals surface area (Å²) in [5.41, 5.74) is 2.87. The number of halogens is 2. The summed E-state index contributed by atoms with van der Waals surface area (Å²) in [4.78, 5) is 0. The van der Waals surface area contributed by atoms with Crippen LogP contribution in [0.2, 0.25) is 0 Å². The Hall–Kier alpha value is -2.32. The van der Waals surface area contributed by atoms with Gasteiger partial charge in [0.2, 0.25) is 5.16 Å². The summed E-state index contributed by atoms with van der Waals surface area (Å²) in [7, 11) is 0. The molecule has 3 rings (SSSR count). The Morgan fingerprint density at radius 3 is 2.72 bits per heavy atom. The maximum atomic E-state index is 13.7. The fourth-order valence-corrected chi connectivity index (χ4v) is 3.31. The summed E-state index contributed by atoms with van der Waals surface area (Å²) in [6.45, 7) is 3.95. The molecule has 8 heteroatoms. The van der Waals surface area contributed by atoms with Crippen LogP contribution in [0.4, 0.5) is 8.78 Å². The van der Waals surface area contributed by atoms with Gasteiger partial charge in [-0.05, 0) is 54.1 Å². The number of benzene rings is 2. The van der Waals surface area contributed by atoms with Crippen LogP contribution in [-0.4, -0.2) is 31.1 Å². The quantitative estimate of drug-likeness (QED) is 0.705. The van der Waals surface area contributed by atoms with Crippen LogP contribution in [0.3, 0.4) is 0 Å². The maximum absolute atomic E-state index is 13.7. The Kier molecular flexibility index (Phi) is 5.10. The van der Waals surface area contributed by atoms with Gasteiger partial charge in [-0.25, -0.2) is 8.78 Å². The van der Waals surface area contributed by atoms with Gasteiger partial charge in [0.15, 0.2) is 0 Å². The van der Waals surface area contributed by atoms with E-state index in [9.17, 15) is 13.9 Å². The van der Waals surface area contributed by atoms with Crippen molar-refractivity contribution >= 4 is 11.8 Å². The maximum Gasteiger partial charge on any atom is 0.214 e. The second-order valence-electron chi connectivity index (χ2n) is 5.66. The van der Waals surface area contributed by atoms with Gasteiger partial charge < -0.3 is 5.11 Å². The molecular formula is C17H16F2N4OS. The Bertz CT molecular complexity index is 900. The van der Waals surface area contributed by atoms with E-state index < -0.39 is 17.7 Å². The van der Waals surface area contributed by atoms with Gasteiger partial charge in [-0.2, -0.15) is 4.68 Å². The third-order valence-electron chi connectivity index (χ3n) is 3.71. The highest BCUT2D eigenvalue weighted by molar-refractivity contribution is 7.99. The minimum Gasteiger partial charge on any atom is -0.387 e. The molecule has 25 heavy (non-hydrogen) atoms. The molecule has 3 aromatic rings. The number of aromatic nitrogens is 4. The Labute approximate surface area is 147 Å². The predicted molar refractivity (Wildman–Crippen MR) is 90.7 cm³/mol. The molecule has 2 aromatic carbocycles. The van der Waals surface area contributed by atoms with Crippen LogP contribution >= 0.6 is 11.8 Å². The molecular weight excluding hydrogens is 346 g/mol. The van der Waals surface area contributed by atoms with Gasteiger partial charge in [0.05, 0.1) is 11.8 Å². The molecule has 1 aromatic heterocycles. The van der Waals surface area contributed by atoms with Gasteiger partial charge in [-0.3, -0.25) is 0 Å². The zero-order chi connectivity index (χ0) is 18.0. The van der Waals surface area contributed by atoms with Crippen molar-refractivity contribution in [2.24, 2.45) is 0 Å². The molecule has 0 aliphatic heterocycles. The van der Waals surface area contributed by atoms with Crippen LogP contribution in [0.25, 0.3) is 5.69 Å². The lowest BCUT2D eigenvalue weighted by molar-refractivity contribution is 0.198. The average molecular weight is 362 g/mol. The van der Waals surface area contributed by atoms with Gasteiger partial charge >= 0.3 is 0 Å². The normalized spacial score (nSPS) is 12.4. The van der Waals surface area contributed by atoms with Crippen molar-refractivity contribution in [1.29, 1.82) is 0 Å². The lowest BCUT2D eigenvalue weighted by Gasteiger charge is -2.12. The number of rotatable bonds is 5. The van der Waals surface area contributed by atoms with Gasteiger partial charge in [0.1, 0.15) is 11.6 Å². The van der Waals surface area contributed by atoms with Crippen LogP contribution in [-0.2, 0) is 0 Å². The van der Waals surface area contributed by atoms with Gasteiger partial charge in [-0.15, -0.1) is 5.10 Å². The smallest absolute Gasteiger partial charge is 0.214 e. The Morgan fingerprint density at radius 2 is 1.96 bits per heavy atom. The van der Waals surface area contributed by atoms with E-state index in [0.29, 0.717) is 5.16 Å². The highest BCUT2D eigenvalue weighted by Gasteiger charge is 2.17. The zero-order valence-corrected chi connectivity index (χ0v) is 14.5. The predicted octanol–water partition coefficient (Wildman–Crippen LogP) is 3.38. The first-order valence-corrected chi connectivity index (χ1v) is 8.56. The molecule has 0 bridgehead atoms. The van der Waals surface area contributed by atoms with Crippen molar-refractivity contribution in [3.63, 3.8) is 0 Å². The van der Waals surface area contributed by atoms with Crippen molar-refractivity contribution in [2.75, 3.05) is 5.75 Å². The molecule has 0 unspecified atom stereocenters. The van der Waals surface area contributed by atoms with E-state index in [0.717, 1.165) is 35.0 Å². The number of aryl methyl sites for hydroxylation is 2. The van der Waals surface area contributed by atoms with Crippen molar-refractivity contribution < 1.29 is 13.9 Å². The minimum atomic E-state index is -1.18. The molecule has 1 N–H and O–H groups in total.